The number of phenols is 1. The van der Waals surface area contributed by atoms with E-state index in [1.807, 2.05) is 61.5 Å². The fourth-order valence-electron chi connectivity index (χ4n) is 7.02. The van der Waals surface area contributed by atoms with Crippen molar-refractivity contribution in [2.75, 3.05) is 25.1 Å². The van der Waals surface area contributed by atoms with Crippen LogP contribution in [0.5, 0.6) is 11.8 Å². The van der Waals surface area contributed by atoms with Crippen LogP contribution >= 0.6 is 0 Å². The number of hydrogen-bond donors (Lipinski definition) is 2. The molecule has 2 unspecified atom stereocenters. The quantitative estimate of drug-likeness (QED) is 0.231. The smallest absolute Gasteiger partial charge is 0.318 e. The lowest BCUT2D eigenvalue weighted by Gasteiger charge is -2.39. The number of rotatable bonds is 9. The molecular weight excluding hydrogens is 639 g/mol. The van der Waals surface area contributed by atoms with Crippen molar-refractivity contribution in [2.24, 2.45) is 10.9 Å². The summed E-state index contributed by atoms with van der Waals surface area (Å²) in [6.45, 7) is 23.8. The van der Waals surface area contributed by atoms with E-state index in [4.69, 9.17) is 19.7 Å². The van der Waals surface area contributed by atoms with Crippen LogP contribution in [0.4, 0.5) is 10.2 Å². The van der Waals surface area contributed by atoms with Crippen LogP contribution in [0.3, 0.4) is 0 Å². The molecule has 1 aromatic heterocycles. The van der Waals surface area contributed by atoms with Crippen molar-refractivity contribution in [1.29, 1.82) is 0 Å². The number of halogens is 1. The van der Waals surface area contributed by atoms with E-state index in [0.717, 1.165) is 57.7 Å². The Balaban J connectivity index is 0.000000621. The first-order valence-corrected chi connectivity index (χ1v) is 19.1. The van der Waals surface area contributed by atoms with E-state index in [0.29, 0.717) is 42.0 Å². The molecule has 2 N–H and O–H groups in total. The summed E-state index contributed by atoms with van der Waals surface area (Å²) < 4.78 is 20.8. The number of β-amino-alcohol motifs (C(OH)–C–C–N with tert-alkyl or cyclic N) is 1. The highest BCUT2D eigenvalue weighted by atomic mass is 19.1. The van der Waals surface area contributed by atoms with Crippen LogP contribution in [0, 0.1) is 11.7 Å². The molecule has 1 fully saturated rings. The number of methoxy groups -OCH3 is 1. The first-order valence-electron chi connectivity index (χ1n) is 19.1. The number of phenolic OH excluding ortho intramolecular Hbond substituents is 1. The number of aromatic nitrogens is 2. The second-order valence-electron chi connectivity index (χ2n) is 14.2. The third kappa shape index (κ3) is 9.56. The fraction of sp³-hybridized carbons (Fsp3) is 0.558. The number of aryl methyl sites for hydroxylation is 1. The van der Waals surface area contributed by atoms with E-state index in [1.165, 1.54) is 31.7 Å². The molecule has 0 amide bonds. The zero-order valence-corrected chi connectivity index (χ0v) is 33.4. The Labute approximate surface area is 306 Å². The number of unbranched alkanes of at least 4 members (excludes halogenated alkanes) is 1. The van der Waals surface area contributed by atoms with Gasteiger partial charge in [-0.15, -0.1) is 0 Å². The van der Waals surface area contributed by atoms with E-state index in [2.05, 4.69) is 25.7 Å². The molecule has 280 valence electrons. The third-order valence-corrected chi connectivity index (χ3v) is 9.72. The van der Waals surface area contributed by atoms with Crippen LogP contribution < -0.4 is 9.64 Å². The number of anilines is 1. The summed E-state index contributed by atoms with van der Waals surface area (Å²) >= 11 is 0. The summed E-state index contributed by atoms with van der Waals surface area (Å²) in [7, 11) is 1.54. The minimum absolute atomic E-state index is 0.0476. The first kappa shape index (κ1) is 41.6. The van der Waals surface area contributed by atoms with Crippen LogP contribution in [0.15, 0.2) is 35.3 Å². The lowest BCUT2D eigenvalue weighted by molar-refractivity contribution is 0.0446. The largest absolute Gasteiger partial charge is 0.508 e. The highest BCUT2D eigenvalue weighted by molar-refractivity contribution is 6.51. The highest BCUT2D eigenvalue weighted by Crippen LogP contribution is 2.47. The summed E-state index contributed by atoms with van der Waals surface area (Å²) in [4.78, 5) is 16.9. The van der Waals surface area contributed by atoms with Gasteiger partial charge in [0.15, 0.2) is 0 Å². The number of allylic oxidation sites excluding steroid dienone is 4. The van der Waals surface area contributed by atoms with Crippen molar-refractivity contribution in [3.05, 3.63) is 58.5 Å². The molecule has 2 heterocycles. The number of aliphatic imine (C=N–C) groups is 1. The van der Waals surface area contributed by atoms with Gasteiger partial charge in [0.2, 0.25) is 0 Å². The standard InChI is InChI=1S/C33H39FN4O3.C8H18.C2H6/c1-8-22-25(34)12-11-20-15-21(39)16-24(27(20)22)26-19(5)29-28(23(9-2)30(26)35-18(3)4)31(37-32(36-29)41-7)38-14-10-13-33(6,40)17-38;1-4-6-7-8(3)5-2;1-2/h9,11-12,15-16,18,39-40H,8,10,13-14,17H2,1-7H3;8H,4-7H2,1-3H3;1-2H3/b23-9-,35-30?;;. The van der Waals surface area contributed by atoms with Crippen LogP contribution in [-0.2, 0) is 6.42 Å². The molecule has 1 aliphatic carbocycles. The predicted octanol–water partition coefficient (Wildman–Crippen LogP) is 10.8. The van der Waals surface area contributed by atoms with E-state index < -0.39 is 5.60 Å². The molecule has 0 spiro atoms. The second kappa shape index (κ2) is 18.6. The van der Waals surface area contributed by atoms with Crippen LogP contribution in [-0.4, -0.2) is 57.7 Å². The van der Waals surface area contributed by atoms with Gasteiger partial charge in [-0.2, -0.15) is 9.97 Å². The zero-order valence-electron chi connectivity index (χ0n) is 33.4. The van der Waals surface area contributed by atoms with Crippen molar-refractivity contribution in [3.8, 4) is 11.8 Å². The lowest BCUT2D eigenvalue weighted by atomic mass is 9.78. The van der Waals surface area contributed by atoms with E-state index >= 15 is 4.39 Å². The lowest BCUT2D eigenvalue weighted by Crippen LogP contribution is -2.47. The molecule has 1 aliphatic heterocycles. The maximum atomic E-state index is 15.2. The topological polar surface area (TPSA) is 91.1 Å². The number of hydrogen-bond acceptors (Lipinski definition) is 7. The first-order chi connectivity index (χ1) is 24.3. The van der Waals surface area contributed by atoms with Crippen molar-refractivity contribution >= 4 is 39.0 Å². The molecule has 2 aromatic carbocycles. The van der Waals surface area contributed by atoms with Gasteiger partial charge in [-0.25, -0.2) is 4.39 Å². The van der Waals surface area contributed by atoms with Crippen molar-refractivity contribution < 1.29 is 19.3 Å². The maximum absolute atomic E-state index is 15.2. The van der Waals surface area contributed by atoms with Gasteiger partial charge >= 0.3 is 6.01 Å². The Morgan fingerprint density at radius 1 is 1.12 bits per heavy atom. The van der Waals surface area contributed by atoms with Crippen LogP contribution in [0.1, 0.15) is 137 Å². The van der Waals surface area contributed by atoms with Gasteiger partial charge in [0.1, 0.15) is 17.4 Å². The summed E-state index contributed by atoms with van der Waals surface area (Å²) in [5.74, 6) is 1.46. The minimum Gasteiger partial charge on any atom is -0.508 e. The summed E-state index contributed by atoms with van der Waals surface area (Å²) in [6, 6.07) is 6.72. The molecule has 2 atom stereocenters. The molecule has 0 radical (unpaired) electrons. The number of aliphatic hydroxyl groups is 1. The average molecular weight is 703 g/mol. The number of ether oxygens (including phenoxy) is 1. The number of piperidine rings is 1. The molecule has 1 saturated heterocycles. The van der Waals surface area contributed by atoms with Gasteiger partial charge in [0, 0.05) is 30.3 Å². The number of fused-ring (bicyclic) bond motifs is 2. The van der Waals surface area contributed by atoms with E-state index in [1.54, 1.807) is 25.3 Å². The fourth-order valence-corrected chi connectivity index (χ4v) is 7.02. The number of nitrogens with zero attached hydrogens (tertiary/aromatic N) is 4. The normalized spacial score (nSPS) is 19.5. The van der Waals surface area contributed by atoms with Crippen LogP contribution in [0.25, 0.3) is 27.5 Å². The summed E-state index contributed by atoms with van der Waals surface area (Å²) in [5.41, 5.74) is 5.18. The Hall–Kier alpha value is -3.78. The average Bonchev–Trinajstić information content (AvgIpc) is 3.11. The minimum atomic E-state index is -0.847. The van der Waals surface area contributed by atoms with Gasteiger partial charge in [-0.1, -0.05) is 79.4 Å². The molecular formula is C43H63FN4O3. The molecule has 0 saturated carbocycles. The predicted molar refractivity (Wildman–Crippen MR) is 215 cm³/mol. The highest BCUT2D eigenvalue weighted by Gasteiger charge is 2.37. The second-order valence-corrected chi connectivity index (χ2v) is 14.2. The Morgan fingerprint density at radius 2 is 1.82 bits per heavy atom. The van der Waals surface area contributed by atoms with Gasteiger partial charge in [-0.05, 0) is 105 Å². The molecule has 5 rings (SSSR count). The van der Waals surface area contributed by atoms with Crippen molar-refractivity contribution in [3.63, 3.8) is 0 Å². The zero-order chi connectivity index (χ0) is 38.0. The van der Waals surface area contributed by atoms with Gasteiger partial charge in [0.05, 0.1) is 29.7 Å². The SMILES string of the molecule is C/C=C1\C(=NC(C)C)C(c2cc(O)cc3ccc(F)c(CC)c23)=C(C)c2nc(OC)nc(N3CCCC(C)(O)C3)c21.CC.CCCCC(C)CC. The Bertz CT molecular complexity index is 1740. The van der Waals surface area contributed by atoms with Gasteiger partial charge < -0.3 is 19.8 Å². The Morgan fingerprint density at radius 3 is 2.39 bits per heavy atom. The molecule has 7 nitrogen and oxygen atoms in total. The number of aromatic hydroxyl groups is 1. The molecule has 2 aliphatic rings. The van der Waals surface area contributed by atoms with E-state index in [-0.39, 0.29) is 23.6 Å². The molecule has 8 heteroatoms. The third-order valence-electron chi connectivity index (χ3n) is 9.72. The van der Waals surface area contributed by atoms with Gasteiger partial charge in [0.25, 0.3) is 0 Å². The summed E-state index contributed by atoms with van der Waals surface area (Å²) in [5, 5.41) is 23.3. The summed E-state index contributed by atoms with van der Waals surface area (Å²) in [6.07, 6.45) is 9.58. The van der Waals surface area contributed by atoms with E-state index in [9.17, 15) is 10.2 Å². The maximum Gasteiger partial charge on any atom is 0.318 e. The molecule has 0 bridgehead atoms. The van der Waals surface area contributed by atoms with Crippen molar-refractivity contribution in [2.45, 2.75) is 133 Å². The Kier molecular flexibility index (Phi) is 15.2. The van der Waals surface area contributed by atoms with Gasteiger partial charge in [-0.3, -0.25) is 4.99 Å². The monoisotopic (exact) mass is 702 g/mol. The number of benzene rings is 2. The molecule has 51 heavy (non-hydrogen) atoms. The van der Waals surface area contributed by atoms with Crippen molar-refractivity contribution in [1.82, 2.24) is 9.97 Å². The molecule has 3 aromatic rings. The van der Waals surface area contributed by atoms with Crippen LogP contribution in [0.2, 0.25) is 0 Å².